The summed E-state index contributed by atoms with van der Waals surface area (Å²) in [5, 5.41) is 2.84. The quantitative estimate of drug-likeness (QED) is 0.826. The third-order valence-electron chi connectivity index (χ3n) is 5.62. The van der Waals surface area contributed by atoms with Crippen molar-refractivity contribution >= 4 is 11.8 Å². The van der Waals surface area contributed by atoms with Crippen molar-refractivity contribution in [3.63, 3.8) is 0 Å². The largest absolute Gasteiger partial charge is 0.470 e. The van der Waals surface area contributed by atoms with Gasteiger partial charge in [-0.15, -0.1) is 0 Å². The monoisotopic (exact) mass is 345 g/mol. The molecule has 25 heavy (non-hydrogen) atoms. The first-order valence-electron chi connectivity index (χ1n) is 9.05. The molecule has 0 radical (unpaired) electrons. The summed E-state index contributed by atoms with van der Waals surface area (Å²) in [5.41, 5.74) is 0.237. The molecule has 6 heteroatoms. The summed E-state index contributed by atoms with van der Waals surface area (Å²) in [6.45, 7) is 7.36. The maximum absolute atomic E-state index is 12.6. The Kier molecular flexibility index (Phi) is 4.99. The second-order valence-corrected chi connectivity index (χ2v) is 6.95. The second kappa shape index (κ2) is 7.04. The van der Waals surface area contributed by atoms with Gasteiger partial charge >= 0.3 is 0 Å². The van der Waals surface area contributed by atoms with Crippen LogP contribution >= 0.6 is 0 Å². The number of amides is 2. The maximum atomic E-state index is 12.6. The Morgan fingerprint density at radius 1 is 1.16 bits per heavy atom. The summed E-state index contributed by atoms with van der Waals surface area (Å²) in [7, 11) is 2.07. The Morgan fingerprint density at radius 2 is 1.76 bits per heavy atom. The molecule has 0 bridgehead atoms. The van der Waals surface area contributed by atoms with E-state index in [-0.39, 0.29) is 18.0 Å². The third-order valence-corrected chi connectivity index (χ3v) is 5.62. The molecule has 6 nitrogen and oxygen atoms in total. The molecule has 2 aliphatic heterocycles. The van der Waals surface area contributed by atoms with Crippen LogP contribution in [0.5, 0.6) is 5.75 Å². The summed E-state index contributed by atoms with van der Waals surface area (Å²) < 4.78 is 5.95. The molecule has 1 aromatic rings. The summed E-state index contributed by atoms with van der Waals surface area (Å²) in [6, 6.07) is 7.22. The van der Waals surface area contributed by atoms with Crippen LogP contribution in [0.4, 0.5) is 0 Å². The summed E-state index contributed by atoms with van der Waals surface area (Å²) >= 11 is 0. The van der Waals surface area contributed by atoms with E-state index < -0.39 is 5.41 Å². The van der Waals surface area contributed by atoms with Gasteiger partial charge in [0.15, 0.2) is 6.23 Å². The first kappa shape index (κ1) is 17.7. The minimum absolute atomic E-state index is 0.0596. The predicted octanol–water partition coefficient (Wildman–Crippen LogP) is 1.72. The SMILES string of the molecule is CCC1(CC)C(=O)N[C@@H]1Oc1ccc(C(=O)N2CCN(C)CC2)cc1. The normalized spacial score (nSPS) is 22.9. The standard InChI is InChI=1S/C19H27N3O3/c1-4-19(5-2)17(24)20-18(19)25-15-8-6-14(7-9-15)16(23)22-12-10-21(3)11-13-22/h6-9,18H,4-5,10-13H2,1-3H3,(H,20,24)/t18-/m1/s1. The van der Waals surface area contributed by atoms with Gasteiger partial charge in [-0.05, 0) is 44.2 Å². The van der Waals surface area contributed by atoms with Crippen molar-refractivity contribution in [1.29, 1.82) is 0 Å². The predicted molar refractivity (Wildman–Crippen MR) is 95.4 cm³/mol. The van der Waals surface area contributed by atoms with E-state index in [1.54, 1.807) is 12.1 Å². The Morgan fingerprint density at radius 3 is 2.28 bits per heavy atom. The van der Waals surface area contributed by atoms with E-state index in [0.717, 1.165) is 39.0 Å². The topological polar surface area (TPSA) is 61.9 Å². The molecule has 0 aliphatic carbocycles. The minimum atomic E-state index is -0.436. The Hall–Kier alpha value is -2.08. The molecule has 1 N–H and O–H groups in total. The van der Waals surface area contributed by atoms with E-state index in [0.29, 0.717) is 11.3 Å². The lowest BCUT2D eigenvalue weighted by Gasteiger charge is -2.47. The van der Waals surface area contributed by atoms with E-state index >= 15 is 0 Å². The highest BCUT2D eigenvalue weighted by Crippen LogP contribution is 2.39. The molecule has 1 aromatic carbocycles. The molecule has 2 amide bonds. The van der Waals surface area contributed by atoms with E-state index in [2.05, 4.69) is 17.3 Å². The maximum Gasteiger partial charge on any atom is 0.253 e. The van der Waals surface area contributed by atoms with Gasteiger partial charge in [0.2, 0.25) is 5.91 Å². The second-order valence-electron chi connectivity index (χ2n) is 6.95. The van der Waals surface area contributed by atoms with Gasteiger partial charge in [0.1, 0.15) is 11.2 Å². The molecule has 0 saturated carbocycles. The van der Waals surface area contributed by atoms with Crippen molar-refractivity contribution < 1.29 is 14.3 Å². The van der Waals surface area contributed by atoms with Crippen LogP contribution < -0.4 is 10.1 Å². The zero-order valence-corrected chi connectivity index (χ0v) is 15.2. The van der Waals surface area contributed by atoms with Crippen LogP contribution in [0, 0.1) is 5.41 Å². The Balaban J connectivity index is 1.63. The summed E-state index contributed by atoms with van der Waals surface area (Å²) in [6.07, 6.45) is 1.20. The van der Waals surface area contributed by atoms with Gasteiger partial charge in [0, 0.05) is 31.7 Å². The van der Waals surface area contributed by atoms with Crippen molar-refractivity contribution in [2.75, 3.05) is 33.2 Å². The van der Waals surface area contributed by atoms with Crippen LogP contribution in [0.1, 0.15) is 37.0 Å². The van der Waals surface area contributed by atoms with Gasteiger partial charge < -0.3 is 19.9 Å². The molecule has 0 unspecified atom stereocenters. The Labute approximate surface area is 149 Å². The van der Waals surface area contributed by atoms with Gasteiger partial charge in [-0.2, -0.15) is 0 Å². The molecule has 136 valence electrons. The van der Waals surface area contributed by atoms with Crippen molar-refractivity contribution in [2.24, 2.45) is 5.41 Å². The van der Waals surface area contributed by atoms with Crippen LogP contribution in [0.15, 0.2) is 24.3 Å². The highest BCUT2D eigenvalue weighted by atomic mass is 16.5. The van der Waals surface area contributed by atoms with E-state index in [9.17, 15) is 9.59 Å². The molecule has 2 aliphatic rings. The number of hydrogen-bond donors (Lipinski definition) is 1. The lowest BCUT2D eigenvalue weighted by molar-refractivity contribution is -0.161. The van der Waals surface area contributed by atoms with Gasteiger partial charge in [-0.1, -0.05) is 13.8 Å². The van der Waals surface area contributed by atoms with Gasteiger partial charge in [0.05, 0.1) is 0 Å². The van der Waals surface area contributed by atoms with Crippen LogP contribution in [0.2, 0.25) is 0 Å². The fourth-order valence-electron chi connectivity index (χ4n) is 3.53. The number of ether oxygens (including phenoxy) is 1. The molecule has 2 saturated heterocycles. The number of nitrogens with one attached hydrogen (secondary N) is 1. The van der Waals surface area contributed by atoms with Crippen LogP contribution in [0.25, 0.3) is 0 Å². The molecule has 3 rings (SSSR count). The number of carbonyl (C=O) groups excluding carboxylic acids is 2. The molecule has 0 aromatic heterocycles. The molecule has 1 atom stereocenters. The van der Waals surface area contributed by atoms with Crippen LogP contribution in [0.3, 0.4) is 0 Å². The zero-order valence-electron chi connectivity index (χ0n) is 15.2. The number of nitrogens with zero attached hydrogens (tertiary/aromatic N) is 2. The molecular weight excluding hydrogens is 318 g/mol. The first-order valence-corrected chi connectivity index (χ1v) is 9.05. The fraction of sp³-hybridized carbons (Fsp3) is 0.579. The van der Waals surface area contributed by atoms with Gasteiger partial charge in [-0.25, -0.2) is 0 Å². The highest BCUT2D eigenvalue weighted by molar-refractivity contribution is 5.94. The van der Waals surface area contributed by atoms with Gasteiger partial charge in [0.25, 0.3) is 5.91 Å². The number of piperazine rings is 1. The minimum Gasteiger partial charge on any atom is -0.470 e. The van der Waals surface area contributed by atoms with Crippen molar-refractivity contribution in [3.8, 4) is 5.75 Å². The fourth-order valence-corrected chi connectivity index (χ4v) is 3.53. The lowest BCUT2D eigenvalue weighted by Crippen LogP contribution is -2.69. The van der Waals surface area contributed by atoms with E-state index in [4.69, 9.17) is 4.74 Å². The number of rotatable bonds is 5. The molecular formula is C19H27N3O3. The van der Waals surface area contributed by atoms with E-state index in [1.165, 1.54) is 0 Å². The van der Waals surface area contributed by atoms with E-state index in [1.807, 2.05) is 30.9 Å². The lowest BCUT2D eigenvalue weighted by atomic mass is 9.73. The van der Waals surface area contributed by atoms with Crippen molar-refractivity contribution in [1.82, 2.24) is 15.1 Å². The van der Waals surface area contributed by atoms with Crippen LogP contribution in [-0.4, -0.2) is 61.1 Å². The van der Waals surface area contributed by atoms with Crippen molar-refractivity contribution in [2.45, 2.75) is 32.9 Å². The molecule has 0 spiro atoms. The number of carbonyl (C=O) groups is 2. The average molecular weight is 345 g/mol. The number of benzene rings is 1. The Bertz CT molecular complexity index is 632. The number of β-lactam (4-membered cyclic amide) rings is 1. The first-order chi connectivity index (χ1) is 12.0. The summed E-state index contributed by atoms with van der Waals surface area (Å²) in [4.78, 5) is 28.6. The number of likely N-dealkylation sites (N-methyl/N-ethyl adjacent to an activating group) is 1. The average Bonchev–Trinajstić information content (AvgIpc) is 2.63. The number of hydrogen-bond acceptors (Lipinski definition) is 4. The van der Waals surface area contributed by atoms with Gasteiger partial charge in [-0.3, -0.25) is 9.59 Å². The molecule has 2 fully saturated rings. The van der Waals surface area contributed by atoms with Crippen molar-refractivity contribution in [3.05, 3.63) is 29.8 Å². The summed E-state index contributed by atoms with van der Waals surface area (Å²) in [5.74, 6) is 0.795. The highest BCUT2D eigenvalue weighted by Gasteiger charge is 2.54. The van der Waals surface area contributed by atoms with Crippen LogP contribution in [-0.2, 0) is 4.79 Å². The zero-order chi connectivity index (χ0) is 18.0. The third kappa shape index (κ3) is 3.23. The molecule has 2 heterocycles. The smallest absolute Gasteiger partial charge is 0.253 e.